The molecule has 0 aliphatic rings. The van der Waals surface area contributed by atoms with Gasteiger partial charge in [-0.3, -0.25) is 0 Å². The number of hydrogen-bond acceptors (Lipinski definition) is 4. The molecule has 1 N–H and O–H groups in total. The molecule has 1 aromatic heterocycles. The van der Waals surface area contributed by atoms with Gasteiger partial charge in [-0.15, -0.1) is 0 Å². The van der Waals surface area contributed by atoms with Crippen LogP contribution >= 0.6 is 0 Å². The Hall–Kier alpha value is -2.22. The summed E-state index contributed by atoms with van der Waals surface area (Å²) in [6.07, 6.45) is 2.19. The van der Waals surface area contributed by atoms with Gasteiger partial charge < -0.3 is 14.3 Å². The lowest BCUT2D eigenvalue weighted by Crippen LogP contribution is -1.99. The van der Waals surface area contributed by atoms with E-state index in [4.69, 9.17) is 19.5 Å². The van der Waals surface area contributed by atoms with E-state index in [-0.39, 0.29) is 5.95 Å². The van der Waals surface area contributed by atoms with Gasteiger partial charge in [0.25, 0.3) is 5.95 Å². The van der Waals surface area contributed by atoms with Gasteiger partial charge in [-0.1, -0.05) is 0 Å². The molecule has 5 nitrogen and oxygen atoms in total. The smallest absolute Gasteiger partial charge is 0.349 e. The van der Waals surface area contributed by atoms with Gasteiger partial charge in [-0.2, -0.15) is 5.26 Å². The molecular weight excluding hydrogens is 174 g/mol. The largest absolute Gasteiger partial charge is 0.477 e. The number of furan rings is 1. The van der Waals surface area contributed by atoms with Crippen molar-refractivity contribution in [1.29, 1.82) is 5.26 Å². The maximum atomic E-state index is 10.3. The Bertz CT molecular complexity index is 358. The summed E-state index contributed by atoms with van der Waals surface area (Å²) in [7, 11) is 0. The number of carboxylic acid groups (broad SMARTS) is 1. The highest BCUT2D eigenvalue weighted by Crippen LogP contribution is 2.10. The average molecular weight is 179 g/mol. The van der Waals surface area contributed by atoms with Crippen LogP contribution in [0.1, 0.15) is 0 Å². The predicted molar refractivity (Wildman–Crippen MR) is 40.7 cm³/mol. The van der Waals surface area contributed by atoms with Gasteiger partial charge in [0.2, 0.25) is 0 Å². The Morgan fingerprint density at radius 3 is 3.00 bits per heavy atom. The van der Waals surface area contributed by atoms with Crippen LogP contribution in [0, 0.1) is 11.3 Å². The molecular formula is C8H5NO4. The predicted octanol–water partition coefficient (Wildman–Crippen LogP) is 1.15. The topological polar surface area (TPSA) is 83.5 Å². The second-order valence-corrected chi connectivity index (χ2v) is 2.00. The van der Waals surface area contributed by atoms with Gasteiger partial charge in [-0.25, -0.2) is 4.79 Å². The lowest BCUT2D eigenvalue weighted by molar-refractivity contribution is -0.132. The quantitative estimate of drug-likeness (QED) is 0.427. The number of rotatable bonds is 3. The average Bonchev–Trinajstić information content (AvgIpc) is 2.57. The van der Waals surface area contributed by atoms with Crippen LogP contribution in [0.15, 0.2) is 34.6 Å². The van der Waals surface area contributed by atoms with Crippen molar-refractivity contribution >= 4 is 5.97 Å². The van der Waals surface area contributed by atoms with E-state index in [0.717, 1.165) is 6.26 Å². The van der Waals surface area contributed by atoms with Crippen molar-refractivity contribution in [2.75, 3.05) is 0 Å². The van der Waals surface area contributed by atoms with E-state index in [0.29, 0.717) is 0 Å². The molecule has 0 spiro atoms. The Labute approximate surface area is 73.5 Å². The first-order valence-electron chi connectivity index (χ1n) is 3.28. The van der Waals surface area contributed by atoms with Crippen LogP contribution in [-0.2, 0) is 4.79 Å². The first-order valence-corrected chi connectivity index (χ1v) is 3.28. The number of nitrogens with zero attached hydrogens (tertiary/aromatic N) is 1. The second kappa shape index (κ2) is 3.97. The van der Waals surface area contributed by atoms with Crippen LogP contribution in [0.3, 0.4) is 0 Å². The van der Waals surface area contributed by atoms with Crippen LogP contribution < -0.4 is 4.74 Å². The zero-order valence-corrected chi connectivity index (χ0v) is 6.43. The van der Waals surface area contributed by atoms with Gasteiger partial charge in [0.15, 0.2) is 5.57 Å². The summed E-state index contributed by atoms with van der Waals surface area (Å²) in [5, 5.41) is 16.7. The third-order valence-corrected chi connectivity index (χ3v) is 1.14. The van der Waals surface area contributed by atoms with E-state index in [9.17, 15) is 4.79 Å². The SMILES string of the molecule is N#CC(=COc1ccco1)C(=O)O. The fourth-order valence-electron chi connectivity index (χ4n) is 0.572. The summed E-state index contributed by atoms with van der Waals surface area (Å²) in [4.78, 5) is 10.3. The number of ether oxygens (including phenoxy) is 1. The molecule has 0 bridgehead atoms. The van der Waals surface area contributed by atoms with Crippen molar-refractivity contribution in [1.82, 2.24) is 0 Å². The van der Waals surface area contributed by atoms with Crippen molar-refractivity contribution in [3.8, 4) is 12.0 Å². The first-order chi connectivity index (χ1) is 6.24. The highest BCUT2D eigenvalue weighted by atomic mass is 16.6. The molecule has 1 aromatic rings. The van der Waals surface area contributed by atoms with E-state index >= 15 is 0 Å². The van der Waals surface area contributed by atoms with Crippen molar-refractivity contribution in [2.24, 2.45) is 0 Å². The second-order valence-electron chi connectivity index (χ2n) is 2.00. The third-order valence-electron chi connectivity index (χ3n) is 1.14. The zero-order valence-electron chi connectivity index (χ0n) is 6.43. The molecule has 5 heteroatoms. The molecule has 0 aliphatic carbocycles. The Balaban J connectivity index is 2.67. The standard InChI is InChI=1S/C8H5NO4/c9-4-6(8(10)11)5-13-7-2-1-3-12-7/h1-3,5H,(H,10,11). The van der Waals surface area contributed by atoms with E-state index in [1.807, 2.05) is 0 Å². The van der Waals surface area contributed by atoms with Crippen LogP contribution in [-0.4, -0.2) is 11.1 Å². The minimum atomic E-state index is -1.34. The number of carbonyl (C=O) groups is 1. The lowest BCUT2D eigenvalue weighted by Gasteiger charge is -1.92. The molecule has 0 radical (unpaired) electrons. The summed E-state index contributed by atoms with van der Waals surface area (Å²) in [6, 6.07) is 4.53. The maximum absolute atomic E-state index is 10.3. The molecule has 0 amide bonds. The molecule has 0 aliphatic heterocycles. The van der Waals surface area contributed by atoms with Crippen molar-refractivity contribution in [3.63, 3.8) is 0 Å². The van der Waals surface area contributed by atoms with Crippen LogP contribution in [0.4, 0.5) is 0 Å². The van der Waals surface area contributed by atoms with Gasteiger partial charge in [0.05, 0.1) is 6.26 Å². The van der Waals surface area contributed by atoms with Gasteiger partial charge in [0.1, 0.15) is 12.3 Å². The fraction of sp³-hybridized carbons (Fsp3) is 0. The van der Waals surface area contributed by atoms with Crippen LogP contribution in [0.5, 0.6) is 5.95 Å². The van der Waals surface area contributed by atoms with Crippen LogP contribution in [0.2, 0.25) is 0 Å². The number of aliphatic carboxylic acids is 1. The third kappa shape index (κ3) is 2.38. The first kappa shape index (κ1) is 8.87. The summed E-state index contributed by atoms with van der Waals surface area (Å²) in [5.74, 6) is -1.21. The minimum absolute atomic E-state index is 0.133. The molecule has 66 valence electrons. The molecule has 13 heavy (non-hydrogen) atoms. The summed E-state index contributed by atoms with van der Waals surface area (Å²) < 4.78 is 9.47. The van der Waals surface area contributed by atoms with Crippen molar-refractivity contribution in [3.05, 3.63) is 30.2 Å². The molecule has 0 aromatic carbocycles. The summed E-state index contributed by atoms with van der Waals surface area (Å²) >= 11 is 0. The van der Waals surface area contributed by atoms with E-state index < -0.39 is 11.5 Å². The molecule has 0 fully saturated rings. The molecule has 1 heterocycles. The molecule has 0 saturated heterocycles. The Morgan fingerprint density at radius 2 is 2.54 bits per heavy atom. The molecule has 0 saturated carbocycles. The number of nitriles is 1. The van der Waals surface area contributed by atoms with Crippen molar-refractivity contribution < 1.29 is 19.1 Å². The summed E-state index contributed by atoms with van der Waals surface area (Å²) in [6.45, 7) is 0. The monoisotopic (exact) mass is 179 g/mol. The number of hydrogen-bond donors (Lipinski definition) is 1. The molecule has 0 atom stereocenters. The maximum Gasteiger partial charge on any atom is 0.349 e. The highest BCUT2D eigenvalue weighted by molar-refractivity contribution is 5.90. The molecule has 1 rings (SSSR count). The summed E-state index contributed by atoms with van der Waals surface area (Å²) in [5.41, 5.74) is -0.489. The van der Waals surface area contributed by atoms with Gasteiger partial charge in [-0.05, 0) is 6.07 Å². The highest BCUT2D eigenvalue weighted by Gasteiger charge is 2.06. The van der Waals surface area contributed by atoms with E-state index in [1.165, 1.54) is 18.4 Å². The lowest BCUT2D eigenvalue weighted by atomic mass is 10.3. The van der Waals surface area contributed by atoms with Gasteiger partial charge >= 0.3 is 5.97 Å². The van der Waals surface area contributed by atoms with E-state index in [2.05, 4.69) is 0 Å². The molecule has 0 unspecified atom stereocenters. The van der Waals surface area contributed by atoms with Crippen LogP contribution in [0.25, 0.3) is 0 Å². The van der Waals surface area contributed by atoms with Gasteiger partial charge in [0, 0.05) is 6.07 Å². The normalized spacial score (nSPS) is 10.5. The van der Waals surface area contributed by atoms with Crippen molar-refractivity contribution in [2.45, 2.75) is 0 Å². The Morgan fingerprint density at radius 1 is 1.77 bits per heavy atom. The fourth-order valence-corrected chi connectivity index (χ4v) is 0.572. The minimum Gasteiger partial charge on any atom is -0.477 e. The zero-order chi connectivity index (χ0) is 9.68. The number of carboxylic acids is 1. The van der Waals surface area contributed by atoms with E-state index in [1.54, 1.807) is 6.07 Å². The Kier molecular flexibility index (Phi) is 2.71.